The highest BCUT2D eigenvalue weighted by Crippen LogP contribution is 2.54. The van der Waals surface area contributed by atoms with Crippen LogP contribution in [-0.4, -0.2) is 14.5 Å². The van der Waals surface area contributed by atoms with Crippen molar-refractivity contribution in [1.29, 1.82) is 0 Å². The number of aromatic nitrogens is 3. The number of benzene rings is 6. The van der Waals surface area contributed by atoms with Gasteiger partial charge in [0.2, 0.25) is 5.95 Å². The van der Waals surface area contributed by atoms with Crippen molar-refractivity contribution < 1.29 is 4.57 Å². The Bertz CT molecular complexity index is 2390. The Morgan fingerprint density at radius 2 is 1.09 bits per heavy atom. The summed E-state index contributed by atoms with van der Waals surface area (Å²) in [6, 6.07) is 53.2. The highest BCUT2D eigenvalue weighted by Gasteiger charge is 2.42. The lowest BCUT2D eigenvalue weighted by Gasteiger charge is -2.16. The molecule has 9 rings (SSSR count). The van der Waals surface area contributed by atoms with Crippen LogP contribution in [0.1, 0.15) is 0 Å². The molecule has 5 heteroatoms. The van der Waals surface area contributed by atoms with Crippen molar-refractivity contribution in [3.05, 3.63) is 158 Å². The fourth-order valence-corrected chi connectivity index (χ4v) is 9.89. The molecule has 0 fully saturated rings. The van der Waals surface area contributed by atoms with Crippen molar-refractivity contribution >= 4 is 44.9 Å². The fraction of sp³-hybridized carbons (Fsp3) is 0. The second-order valence-electron chi connectivity index (χ2n) is 11.3. The van der Waals surface area contributed by atoms with Gasteiger partial charge in [0.05, 0.1) is 22.4 Å². The minimum Gasteiger partial charge on any atom is -0.309 e. The van der Waals surface area contributed by atoms with Gasteiger partial charge in [-0.05, 0) is 23.8 Å². The molecule has 0 saturated heterocycles. The third-order valence-corrected chi connectivity index (χ3v) is 12.0. The Labute approximate surface area is 260 Å². The average molecular weight is 596 g/mol. The molecule has 2 aromatic heterocycles. The van der Waals surface area contributed by atoms with E-state index < -0.39 is 7.14 Å². The van der Waals surface area contributed by atoms with Crippen LogP contribution in [0.25, 0.3) is 61.4 Å². The molecule has 212 valence electrons. The standard InChI is InChI=1S/C40H26N3OP/c44-45(29-18-8-3-9-19-29)36-23-13-11-21-32(36)38-37(45)25-24-31-30-20-10-12-22-35(30)43(39(31)38)40-41-33(27-14-4-1-5-15-27)26-34(42-40)28-16-6-2-7-17-28/h1-26H. The smallest absolute Gasteiger partial charge is 0.235 e. The molecule has 8 aromatic rings. The SMILES string of the molecule is O=P1(c2ccccc2)c2ccccc2-c2c1ccc1c3ccccc3n(-c3nc(-c4ccccc4)cc(-c4ccccc4)n3)c21. The number of para-hydroxylation sites is 1. The van der Waals surface area contributed by atoms with E-state index in [0.717, 1.165) is 71.4 Å². The van der Waals surface area contributed by atoms with E-state index in [1.54, 1.807) is 0 Å². The Morgan fingerprint density at radius 3 is 1.78 bits per heavy atom. The van der Waals surface area contributed by atoms with Crippen LogP contribution in [0, 0.1) is 0 Å². The van der Waals surface area contributed by atoms with Crippen LogP contribution in [-0.2, 0) is 4.57 Å². The van der Waals surface area contributed by atoms with E-state index in [-0.39, 0.29) is 0 Å². The van der Waals surface area contributed by atoms with E-state index in [1.165, 1.54) is 0 Å². The van der Waals surface area contributed by atoms with Gasteiger partial charge < -0.3 is 4.57 Å². The second-order valence-corrected chi connectivity index (χ2v) is 14.0. The van der Waals surface area contributed by atoms with Gasteiger partial charge in [0.1, 0.15) is 0 Å². The van der Waals surface area contributed by atoms with Gasteiger partial charge in [-0.2, -0.15) is 0 Å². The predicted molar refractivity (Wildman–Crippen MR) is 186 cm³/mol. The van der Waals surface area contributed by atoms with Crippen molar-refractivity contribution in [3.63, 3.8) is 0 Å². The molecule has 45 heavy (non-hydrogen) atoms. The zero-order valence-electron chi connectivity index (χ0n) is 24.2. The van der Waals surface area contributed by atoms with E-state index in [9.17, 15) is 0 Å². The van der Waals surface area contributed by atoms with Gasteiger partial charge in [0.25, 0.3) is 0 Å². The molecule has 4 nitrogen and oxygen atoms in total. The molecular formula is C40H26N3OP. The maximum absolute atomic E-state index is 15.4. The molecule has 1 unspecified atom stereocenters. The van der Waals surface area contributed by atoms with E-state index in [0.29, 0.717) is 5.95 Å². The lowest BCUT2D eigenvalue weighted by molar-refractivity contribution is 0.593. The van der Waals surface area contributed by atoms with E-state index in [4.69, 9.17) is 9.97 Å². The number of rotatable bonds is 4. The highest BCUT2D eigenvalue weighted by molar-refractivity contribution is 7.86. The van der Waals surface area contributed by atoms with Crippen molar-refractivity contribution in [2.75, 3.05) is 0 Å². The Hall–Kier alpha value is -5.57. The summed E-state index contributed by atoms with van der Waals surface area (Å²) in [5, 5.41) is 4.75. The lowest BCUT2D eigenvalue weighted by Crippen LogP contribution is -2.20. The molecule has 0 bridgehead atoms. The number of hydrogen-bond acceptors (Lipinski definition) is 3. The van der Waals surface area contributed by atoms with Crippen LogP contribution in [0.5, 0.6) is 0 Å². The summed E-state index contributed by atoms with van der Waals surface area (Å²) in [6.07, 6.45) is 0. The summed E-state index contributed by atoms with van der Waals surface area (Å²) in [5.74, 6) is 0.578. The van der Waals surface area contributed by atoms with Gasteiger partial charge in [0, 0.05) is 43.4 Å². The fourth-order valence-electron chi connectivity index (χ4n) is 6.84. The molecule has 1 atom stereocenters. The molecule has 0 N–H and O–H groups in total. The van der Waals surface area contributed by atoms with Gasteiger partial charge >= 0.3 is 0 Å². The summed E-state index contributed by atoms with van der Waals surface area (Å²) >= 11 is 0. The topological polar surface area (TPSA) is 47.8 Å². The maximum atomic E-state index is 15.4. The van der Waals surface area contributed by atoms with E-state index in [2.05, 4.69) is 77.4 Å². The maximum Gasteiger partial charge on any atom is 0.235 e. The molecule has 0 radical (unpaired) electrons. The summed E-state index contributed by atoms with van der Waals surface area (Å²) in [7, 11) is -3.13. The normalized spacial score (nSPS) is 15.3. The first-order chi connectivity index (χ1) is 22.2. The molecule has 0 spiro atoms. The first kappa shape index (κ1) is 25.9. The molecule has 1 aliphatic rings. The molecule has 0 aliphatic carbocycles. The minimum absolute atomic E-state index is 0.578. The first-order valence-electron chi connectivity index (χ1n) is 15.0. The second kappa shape index (κ2) is 9.99. The molecule has 0 saturated carbocycles. The zero-order valence-corrected chi connectivity index (χ0v) is 25.1. The van der Waals surface area contributed by atoms with Gasteiger partial charge in [-0.25, -0.2) is 9.97 Å². The summed E-state index contributed by atoms with van der Waals surface area (Å²) in [6.45, 7) is 0. The van der Waals surface area contributed by atoms with Crippen LogP contribution in [0.4, 0.5) is 0 Å². The molecular weight excluding hydrogens is 569 g/mol. The van der Waals surface area contributed by atoms with Crippen molar-refractivity contribution in [2.24, 2.45) is 0 Å². The van der Waals surface area contributed by atoms with Gasteiger partial charge in [0.15, 0.2) is 7.14 Å². The van der Waals surface area contributed by atoms with Gasteiger partial charge in [-0.1, -0.05) is 140 Å². The zero-order chi connectivity index (χ0) is 30.0. The Morgan fingerprint density at radius 1 is 0.511 bits per heavy atom. The van der Waals surface area contributed by atoms with Gasteiger partial charge in [-0.15, -0.1) is 0 Å². The van der Waals surface area contributed by atoms with Gasteiger partial charge in [-0.3, -0.25) is 4.57 Å². The van der Waals surface area contributed by atoms with Crippen LogP contribution in [0.15, 0.2) is 158 Å². The van der Waals surface area contributed by atoms with Crippen LogP contribution in [0.3, 0.4) is 0 Å². The van der Waals surface area contributed by atoms with E-state index >= 15 is 4.57 Å². The summed E-state index contributed by atoms with van der Waals surface area (Å²) in [4.78, 5) is 10.5. The molecule has 3 heterocycles. The van der Waals surface area contributed by atoms with Crippen LogP contribution in [0.2, 0.25) is 0 Å². The predicted octanol–water partition coefficient (Wildman–Crippen LogP) is 8.53. The average Bonchev–Trinajstić information content (AvgIpc) is 3.60. The lowest BCUT2D eigenvalue weighted by atomic mass is 10.0. The van der Waals surface area contributed by atoms with Crippen molar-refractivity contribution in [1.82, 2.24) is 14.5 Å². The largest absolute Gasteiger partial charge is 0.309 e. The Balaban J connectivity index is 1.43. The minimum atomic E-state index is -3.13. The quantitative estimate of drug-likeness (QED) is 0.192. The molecule has 1 aliphatic heterocycles. The number of fused-ring (bicyclic) bond motifs is 7. The van der Waals surface area contributed by atoms with Crippen LogP contribution < -0.4 is 15.9 Å². The third kappa shape index (κ3) is 3.83. The molecule has 0 amide bonds. The first-order valence-corrected chi connectivity index (χ1v) is 16.8. The number of hydrogen-bond donors (Lipinski definition) is 0. The van der Waals surface area contributed by atoms with E-state index in [1.807, 2.05) is 84.9 Å². The number of nitrogens with zero attached hydrogens (tertiary/aromatic N) is 3. The monoisotopic (exact) mass is 595 g/mol. The highest BCUT2D eigenvalue weighted by atomic mass is 31.2. The third-order valence-electron chi connectivity index (χ3n) is 8.84. The summed E-state index contributed by atoms with van der Waals surface area (Å²) < 4.78 is 17.6. The van der Waals surface area contributed by atoms with Crippen LogP contribution >= 0.6 is 7.14 Å². The molecule has 6 aromatic carbocycles. The van der Waals surface area contributed by atoms with Crippen molar-refractivity contribution in [3.8, 4) is 39.6 Å². The Kier molecular flexibility index (Phi) is 5.74. The summed E-state index contributed by atoms with van der Waals surface area (Å²) in [5.41, 5.74) is 7.68. The van der Waals surface area contributed by atoms with Crippen molar-refractivity contribution in [2.45, 2.75) is 0 Å².